The van der Waals surface area contributed by atoms with E-state index < -0.39 is 17.7 Å². The van der Waals surface area contributed by atoms with E-state index in [9.17, 15) is 14.0 Å². The number of aldehydes is 1. The summed E-state index contributed by atoms with van der Waals surface area (Å²) in [6.45, 7) is -0.137. The smallest absolute Gasteiger partial charge is 0.312 e. The van der Waals surface area contributed by atoms with Crippen LogP contribution < -0.4 is 5.73 Å². The Bertz CT molecular complexity index is 392. The number of nitrogens with two attached hydrogens (primary N) is 1. The van der Waals surface area contributed by atoms with Crippen molar-refractivity contribution in [2.24, 2.45) is 5.73 Å². The van der Waals surface area contributed by atoms with E-state index in [1.807, 2.05) is 0 Å². The topological polar surface area (TPSA) is 80.4 Å². The largest absolute Gasteiger partial charge is 0.481 e. The van der Waals surface area contributed by atoms with Crippen LogP contribution in [0.15, 0.2) is 18.2 Å². The van der Waals surface area contributed by atoms with Gasteiger partial charge in [-0.3, -0.25) is 9.59 Å². The first-order valence-corrected chi connectivity index (χ1v) is 4.27. The minimum atomic E-state index is -1.13. The molecule has 3 N–H and O–H groups in total. The van der Waals surface area contributed by atoms with Crippen LogP contribution in [0.2, 0.25) is 0 Å². The molecule has 1 aromatic carbocycles. The van der Waals surface area contributed by atoms with Crippen molar-refractivity contribution in [2.75, 3.05) is 6.54 Å². The van der Waals surface area contributed by atoms with Gasteiger partial charge in [-0.1, -0.05) is 6.07 Å². The van der Waals surface area contributed by atoms with Crippen molar-refractivity contribution in [3.05, 3.63) is 35.1 Å². The first-order chi connectivity index (χ1) is 7.10. The maximum Gasteiger partial charge on any atom is 0.312 e. The molecule has 0 radical (unpaired) electrons. The second-order valence-electron chi connectivity index (χ2n) is 3.02. The van der Waals surface area contributed by atoms with Gasteiger partial charge in [0.1, 0.15) is 12.1 Å². The van der Waals surface area contributed by atoms with Gasteiger partial charge in [-0.2, -0.15) is 0 Å². The van der Waals surface area contributed by atoms with Crippen molar-refractivity contribution in [1.82, 2.24) is 0 Å². The molecule has 0 saturated carbocycles. The molecule has 0 amide bonds. The number of rotatable bonds is 4. The Kier molecular flexibility index (Phi) is 3.51. The van der Waals surface area contributed by atoms with E-state index in [1.54, 1.807) is 0 Å². The Hall–Kier alpha value is -1.75. The lowest BCUT2D eigenvalue weighted by molar-refractivity contribution is -0.138. The van der Waals surface area contributed by atoms with Gasteiger partial charge in [0.15, 0.2) is 0 Å². The molecule has 5 heteroatoms. The molecule has 0 saturated heterocycles. The standard InChI is InChI=1S/C10H10FNO3/c11-7-1-2-8(6(3-7)5-13)9(4-12)10(14)15/h1-3,5,9H,4,12H2,(H,14,15). The molecule has 15 heavy (non-hydrogen) atoms. The minimum absolute atomic E-state index is 0.0212. The van der Waals surface area contributed by atoms with Crippen LogP contribution in [0, 0.1) is 5.82 Å². The highest BCUT2D eigenvalue weighted by Gasteiger charge is 2.21. The van der Waals surface area contributed by atoms with Gasteiger partial charge in [-0.15, -0.1) is 0 Å². The minimum Gasteiger partial charge on any atom is -0.481 e. The van der Waals surface area contributed by atoms with Crippen molar-refractivity contribution in [1.29, 1.82) is 0 Å². The van der Waals surface area contributed by atoms with Crippen molar-refractivity contribution in [3.8, 4) is 0 Å². The molecule has 0 aliphatic heterocycles. The van der Waals surface area contributed by atoms with Crippen molar-refractivity contribution in [2.45, 2.75) is 5.92 Å². The number of hydrogen-bond acceptors (Lipinski definition) is 3. The third-order valence-electron chi connectivity index (χ3n) is 2.09. The van der Waals surface area contributed by atoms with Gasteiger partial charge in [-0.05, 0) is 17.7 Å². The van der Waals surface area contributed by atoms with E-state index in [1.165, 1.54) is 6.07 Å². The predicted molar refractivity (Wildman–Crippen MR) is 51.2 cm³/mol. The van der Waals surface area contributed by atoms with E-state index in [4.69, 9.17) is 10.8 Å². The molecule has 0 heterocycles. The van der Waals surface area contributed by atoms with E-state index in [-0.39, 0.29) is 17.7 Å². The Morgan fingerprint density at radius 1 is 1.60 bits per heavy atom. The average molecular weight is 211 g/mol. The monoisotopic (exact) mass is 211 g/mol. The molecule has 0 aliphatic rings. The lowest BCUT2D eigenvalue weighted by atomic mass is 9.95. The molecule has 0 fully saturated rings. The maximum absolute atomic E-state index is 12.8. The number of carbonyl (C=O) groups is 2. The second kappa shape index (κ2) is 4.65. The third-order valence-corrected chi connectivity index (χ3v) is 2.09. The van der Waals surface area contributed by atoms with Crippen LogP contribution in [0.3, 0.4) is 0 Å². The lowest BCUT2D eigenvalue weighted by Crippen LogP contribution is -2.22. The number of halogens is 1. The highest BCUT2D eigenvalue weighted by molar-refractivity contribution is 5.84. The molecule has 1 aromatic rings. The Balaban J connectivity index is 3.22. The quantitative estimate of drug-likeness (QED) is 0.720. The number of benzene rings is 1. The molecule has 1 rings (SSSR count). The van der Waals surface area contributed by atoms with Crippen LogP contribution >= 0.6 is 0 Å². The van der Waals surface area contributed by atoms with Crippen LogP contribution in [-0.4, -0.2) is 23.9 Å². The number of aliphatic carboxylic acids is 1. The van der Waals surface area contributed by atoms with Crippen molar-refractivity contribution < 1.29 is 19.1 Å². The van der Waals surface area contributed by atoms with Crippen molar-refractivity contribution in [3.63, 3.8) is 0 Å². The van der Waals surface area contributed by atoms with Crippen LogP contribution in [0.5, 0.6) is 0 Å². The zero-order valence-corrected chi connectivity index (χ0v) is 7.81. The first kappa shape index (κ1) is 11.3. The number of carboxylic acid groups (broad SMARTS) is 1. The van der Waals surface area contributed by atoms with Crippen molar-refractivity contribution >= 4 is 12.3 Å². The summed E-state index contributed by atoms with van der Waals surface area (Å²) in [5.74, 6) is -2.69. The van der Waals surface area contributed by atoms with E-state index >= 15 is 0 Å². The summed E-state index contributed by atoms with van der Waals surface area (Å²) in [6.07, 6.45) is 0.421. The van der Waals surface area contributed by atoms with Gasteiger partial charge in [0.05, 0.1) is 5.92 Å². The molecule has 0 bridgehead atoms. The zero-order chi connectivity index (χ0) is 11.4. The molecule has 0 spiro atoms. The SMILES string of the molecule is NCC(C(=O)O)c1ccc(F)cc1C=O. The van der Waals surface area contributed by atoms with E-state index in [2.05, 4.69) is 0 Å². The van der Waals surface area contributed by atoms with Gasteiger partial charge in [0, 0.05) is 12.1 Å². The predicted octanol–water partition coefficient (Wildman–Crippen LogP) is 0.765. The Labute approximate surface area is 85.5 Å². The van der Waals surface area contributed by atoms with Crippen LogP contribution in [0.1, 0.15) is 21.8 Å². The Morgan fingerprint density at radius 2 is 2.27 bits per heavy atom. The fourth-order valence-electron chi connectivity index (χ4n) is 1.33. The normalized spacial score (nSPS) is 12.1. The van der Waals surface area contributed by atoms with Gasteiger partial charge in [0.25, 0.3) is 0 Å². The molecule has 0 aromatic heterocycles. The van der Waals surface area contributed by atoms with Gasteiger partial charge >= 0.3 is 5.97 Å². The van der Waals surface area contributed by atoms with E-state index in [0.29, 0.717) is 6.29 Å². The Morgan fingerprint density at radius 3 is 2.73 bits per heavy atom. The molecular weight excluding hydrogens is 201 g/mol. The van der Waals surface area contributed by atoms with Crippen LogP contribution in [0.4, 0.5) is 4.39 Å². The highest BCUT2D eigenvalue weighted by Crippen LogP contribution is 2.19. The summed E-state index contributed by atoms with van der Waals surface area (Å²) < 4.78 is 12.8. The summed E-state index contributed by atoms with van der Waals surface area (Å²) in [7, 11) is 0. The fourth-order valence-corrected chi connectivity index (χ4v) is 1.33. The highest BCUT2D eigenvalue weighted by atomic mass is 19.1. The van der Waals surface area contributed by atoms with Gasteiger partial charge in [-0.25, -0.2) is 4.39 Å². The maximum atomic E-state index is 12.8. The molecular formula is C10H10FNO3. The summed E-state index contributed by atoms with van der Waals surface area (Å²) >= 11 is 0. The lowest BCUT2D eigenvalue weighted by Gasteiger charge is -2.11. The molecule has 1 unspecified atom stereocenters. The molecule has 1 atom stereocenters. The summed E-state index contributed by atoms with van der Waals surface area (Å²) in [5.41, 5.74) is 5.54. The molecule has 80 valence electrons. The average Bonchev–Trinajstić information content (AvgIpc) is 2.20. The van der Waals surface area contributed by atoms with Gasteiger partial charge in [0.2, 0.25) is 0 Å². The van der Waals surface area contributed by atoms with E-state index in [0.717, 1.165) is 12.1 Å². The third kappa shape index (κ3) is 2.38. The zero-order valence-electron chi connectivity index (χ0n) is 7.81. The first-order valence-electron chi connectivity index (χ1n) is 4.27. The van der Waals surface area contributed by atoms with Gasteiger partial charge < -0.3 is 10.8 Å². The fraction of sp³-hybridized carbons (Fsp3) is 0.200. The summed E-state index contributed by atoms with van der Waals surface area (Å²) in [4.78, 5) is 21.4. The second-order valence-corrected chi connectivity index (χ2v) is 3.02. The summed E-state index contributed by atoms with van der Waals surface area (Å²) in [6, 6.07) is 3.37. The summed E-state index contributed by atoms with van der Waals surface area (Å²) in [5, 5.41) is 8.83. The molecule has 4 nitrogen and oxygen atoms in total. The number of hydrogen-bond donors (Lipinski definition) is 2. The number of carboxylic acids is 1. The van der Waals surface area contributed by atoms with Crippen LogP contribution in [-0.2, 0) is 4.79 Å². The molecule has 0 aliphatic carbocycles. The number of carbonyl (C=O) groups excluding carboxylic acids is 1. The van der Waals surface area contributed by atoms with Crippen LogP contribution in [0.25, 0.3) is 0 Å².